The van der Waals surface area contributed by atoms with Gasteiger partial charge in [0, 0.05) is 39.3 Å². The second-order valence-electron chi connectivity index (χ2n) is 8.04. The summed E-state index contributed by atoms with van der Waals surface area (Å²) in [6.07, 6.45) is 4.57. The van der Waals surface area contributed by atoms with Crippen molar-refractivity contribution in [2.75, 3.05) is 56.1 Å². The molecule has 2 aliphatic heterocycles. The van der Waals surface area contributed by atoms with Gasteiger partial charge in [0.05, 0.1) is 4.92 Å². The Morgan fingerprint density at radius 3 is 2.14 bits per heavy atom. The highest BCUT2D eigenvalue weighted by atomic mass is 16.6. The van der Waals surface area contributed by atoms with Crippen LogP contribution in [0, 0.1) is 16.0 Å². The van der Waals surface area contributed by atoms with Gasteiger partial charge in [0.25, 0.3) is 0 Å². The molecule has 0 aliphatic carbocycles. The van der Waals surface area contributed by atoms with E-state index in [0.717, 1.165) is 58.5 Å². The van der Waals surface area contributed by atoms with Crippen molar-refractivity contribution in [3.05, 3.63) is 52.3 Å². The molecular formula is C21H28N6O2. The summed E-state index contributed by atoms with van der Waals surface area (Å²) >= 11 is 0. The van der Waals surface area contributed by atoms with E-state index in [2.05, 4.69) is 51.1 Å². The molecule has 8 nitrogen and oxygen atoms in total. The minimum atomic E-state index is -0.307. The lowest BCUT2D eigenvalue weighted by molar-refractivity contribution is -0.383. The molecule has 0 bridgehead atoms. The molecular weight excluding hydrogens is 368 g/mol. The van der Waals surface area contributed by atoms with E-state index in [0.29, 0.717) is 17.6 Å². The molecule has 0 radical (unpaired) electrons. The smallest absolute Gasteiger partial charge is 0.351 e. The number of rotatable bonds is 5. The van der Waals surface area contributed by atoms with E-state index < -0.39 is 0 Å². The summed E-state index contributed by atoms with van der Waals surface area (Å²) in [4.78, 5) is 26.6. The summed E-state index contributed by atoms with van der Waals surface area (Å²) < 4.78 is 0. The van der Waals surface area contributed by atoms with Crippen molar-refractivity contribution < 1.29 is 4.92 Å². The van der Waals surface area contributed by atoms with E-state index in [1.54, 1.807) is 0 Å². The maximum absolute atomic E-state index is 12.0. The molecule has 8 heteroatoms. The number of anilines is 2. The fourth-order valence-corrected chi connectivity index (χ4v) is 4.30. The van der Waals surface area contributed by atoms with E-state index in [1.165, 1.54) is 11.9 Å². The van der Waals surface area contributed by atoms with Crippen LogP contribution in [-0.2, 0) is 6.42 Å². The molecule has 3 heterocycles. The van der Waals surface area contributed by atoms with Crippen molar-refractivity contribution in [1.29, 1.82) is 0 Å². The average Bonchev–Trinajstić information content (AvgIpc) is 2.75. The van der Waals surface area contributed by atoms with E-state index in [-0.39, 0.29) is 10.6 Å². The molecule has 154 valence electrons. The first-order valence-corrected chi connectivity index (χ1v) is 10.3. The van der Waals surface area contributed by atoms with Crippen molar-refractivity contribution in [1.82, 2.24) is 14.9 Å². The van der Waals surface area contributed by atoms with Gasteiger partial charge in [-0.3, -0.25) is 10.1 Å². The Hall–Kier alpha value is -2.74. The molecule has 4 rings (SSSR count). The zero-order valence-corrected chi connectivity index (χ0v) is 16.9. The molecule has 1 aromatic carbocycles. The molecule has 0 amide bonds. The van der Waals surface area contributed by atoms with Gasteiger partial charge < -0.3 is 14.7 Å². The van der Waals surface area contributed by atoms with Crippen LogP contribution in [0.25, 0.3) is 0 Å². The van der Waals surface area contributed by atoms with Crippen LogP contribution in [0.15, 0.2) is 36.7 Å². The van der Waals surface area contributed by atoms with Gasteiger partial charge >= 0.3 is 5.69 Å². The zero-order valence-electron chi connectivity index (χ0n) is 16.9. The number of likely N-dealkylation sites (N-methyl/N-ethyl adjacent to an activating group) is 1. The third-order valence-electron chi connectivity index (χ3n) is 6.05. The average molecular weight is 396 g/mol. The first kappa shape index (κ1) is 19.6. The van der Waals surface area contributed by atoms with Gasteiger partial charge in [-0.25, -0.2) is 9.97 Å². The molecule has 2 saturated heterocycles. The number of benzene rings is 1. The van der Waals surface area contributed by atoms with Crippen molar-refractivity contribution >= 4 is 17.3 Å². The molecule has 0 atom stereocenters. The fourth-order valence-electron chi connectivity index (χ4n) is 4.30. The Balaban J connectivity index is 1.48. The molecule has 0 N–H and O–H groups in total. The van der Waals surface area contributed by atoms with Gasteiger partial charge in [-0.05, 0) is 37.8 Å². The number of hydrogen-bond acceptors (Lipinski definition) is 7. The van der Waals surface area contributed by atoms with Crippen LogP contribution in [-0.4, -0.2) is 66.1 Å². The van der Waals surface area contributed by atoms with Crippen LogP contribution in [0.2, 0.25) is 0 Å². The van der Waals surface area contributed by atoms with Crippen LogP contribution >= 0.6 is 0 Å². The molecule has 29 heavy (non-hydrogen) atoms. The number of piperidine rings is 1. The summed E-state index contributed by atoms with van der Waals surface area (Å²) in [5, 5.41) is 12.0. The molecule has 2 aliphatic rings. The lowest BCUT2D eigenvalue weighted by Crippen LogP contribution is -2.45. The summed E-state index contributed by atoms with van der Waals surface area (Å²) in [6.45, 7) is 4.82. The zero-order chi connectivity index (χ0) is 20.2. The Morgan fingerprint density at radius 1 is 0.966 bits per heavy atom. The monoisotopic (exact) mass is 396 g/mol. The standard InChI is InChI=1S/C21H28N6O2/c1-24-11-13-26(14-12-24)21-19(27(28)29)20(22-16-23-21)25-9-7-18(8-10-25)15-17-5-3-2-4-6-17/h2-6,16,18H,7-15H2,1H3. The summed E-state index contributed by atoms with van der Waals surface area (Å²) in [6, 6.07) is 10.5. The summed E-state index contributed by atoms with van der Waals surface area (Å²) in [5.74, 6) is 1.53. The number of nitro groups is 1. The maximum Gasteiger partial charge on any atom is 0.353 e. The van der Waals surface area contributed by atoms with E-state index >= 15 is 0 Å². The summed E-state index contributed by atoms with van der Waals surface area (Å²) in [5.41, 5.74) is 1.41. The Morgan fingerprint density at radius 2 is 1.55 bits per heavy atom. The lowest BCUT2D eigenvalue weighted by Gasteiger charge is -2.35. The molecule has 1 aromatic heterocycles. The largest absolute Gasteiger partial charge is 0.353 e. The predicted octanol–water partition coefficient (Wildman–Crippen LogP) is 2.60. The second kappa shape index (κ2) is 8.73. The van der Waals surface area contributed by atoms with E-state index in [1.807, 2.05) is 11.0 Å². The number of aromatic nitrogens is 2. The van der Waals surface area contributed by atoms with Gasteiger partial charge in [-0.1, -0.05) is 30.3 Å². The van der Waals surface area contributed by atoms with Gasteiger partial charge in [-0.15, -0.1) is 0 Å². The molecule has 2 fully saturated rings. The van der Waals surface area contributed by atoms with E-state index in [9.17, 15) is 10.1 Å². The Bertz CT molecular complexity index is 830. The highest BCUT2D eigenvalue weighted by molar-refractivity contribution is 5.71. The summed E-state index contributed by atoms with van der Waals surface area (Å²) in [7, 11) is 2.07. The molecule has 0 saturated carbocycles. The molecule has 2 aromatic rings. The van der Waals surface area contributed by atoms with Crippen LogP contribution in [0.4, 0.5) is 17.3 Å². The van der Waals surface area contributed by atoms with Crippen LogP contribution in [0.1, 0.15) is 18.4 Å². The topological polar surface area (TPSA) is 78.6 Å². The maximum atomic E-state index is 12.0. The van der Waals surface area contributed by atoms with Crippen molar-refractivity contribution in [2.24, 2.45) is 5.92 Å². The first-order chi connectivity index (χ1) is 14.1. The third-order valence-corrected chi connectivity index (χ3v) is 6.05. The van der Waals surface area contributed by atoms with Gasteiger partial charge in [0.1, 0.15) is 6.33 Å². The lowest BCUT2D eigenvalue weighted by atomic mass is 9.90. The second-order valence-corrected chi connectivity index (χ2v) is 8.04. The number of nitrogens with zero attached hydrogens (tertiary/aromatic N) is 6. The highest BCUT2D eigenvalue weighted by Gasteiger charge is 2.32. The molecule has 0 unspecified atom stereocenters. The van der Waals surface area contributed by atoms with Crippen LogP contribution < -0.4 is 9.80 Å². The minimum Gasteiger partial charge on any atom is -0.351 e. The predicted molar refractivity (Wildman–Crippen MR) is 113 cm³/mol. The number of piperazine rings is 1. The molecule has 0 spiro atoms. The fraction of sp³-hybridized carbons (Fsp3) is 0.524. The Kier molecular flexibility index (Phi) is 5.89. The Labute approximate surface area is 171 Å². The van der Waals surface area contributed by atoms with Crippen molar-refractivity contribution in [3.63, 3.8) is 0 Å². The van der Waals surface area contributed by atoms with Crippen molar-refractivity contribution in [3.8, 4) is 0 Å². The highest BCUT2D eigenvalue weighted by Crippen LogP contribution is 2.36. The SMILES string of the molecule is CN1CCN(c2ncnc(N3CCC(Cc4ccccc4)CC3)c2[N+](=O)[O-])CC1. The third kappa shape index (κ3) is 4.48. The number of hydrogen-bond donors (Lipinski definition) is 0. The normalized spacial score (nSPS) is 18.8. The minimum absolute atomic E-state index is 0.0542. The quantitative estimate of drug-likeness (QED) is 0.568. The van der Waals surface area contributed by atoms with Crippen LogP contribution in [0.5, 0.6) is 0 Å². The van der Waals surface area contributed by atoms with Crippen molar-refractivity contribution in [2.45, 2.75) is 19.3 Å². The van der Waals surface area contributed by atoms with E-state index in [4.69, 9.17) is 0 Å². The van der Waals surface area contributed by atoms with Gasteiger partial charge in [0.15, 0.2) is 0 Å². The van der Waals surface area contributed by atoms with Gasteiger partial charge in [-0.2, -0.15) is 0 Å². The van der Waals surface area contributed by atoms with Crippen LogP contribution in [0.3, 0.4) is 0 Å². The van der Waals surface area contributed by atoms with Gasteiger partial charge in [0.2, 0.25) is 11.6 Å². The first-order valence-electron chi connectivity index (χ1n) is 10.3.